The predicted molar refractivity (Wildman–Crippen MR) is 391 cm³/mol. The van der Waals surface area contributed by atoms with Crippen LogP contribution in [0, 0.1) is 0 Å². The Morgan fingerprint density at radius 2 is 0.435 bits per heavy atom. The molecule has 428 valence electrons. The first-order valence-electron chi connectivity index (χ1n) is 55.1. The lowest BCUT2D eigenvalue weighted by Crippen LogP contribution is -1.91. The highest BCUT2D eigenvalue weighted by Crippen LogP contribution is 2.48. The number of hydrogen-bond acceptors (Lipinski definition) is 2. The molecule has 0 unspecified atom stereocenters. The van der Waals surface area contributed by atoms with Gasteiger partial charge in [-0.25, -0.2) is 0 Å². The normalized spacial score (nSPS) is 20.2. The summed E-state index contributed by atoms with van der Waals surface area (Å²) < 4.78 is 512. The van der Waals surface area contributed by atoms with Crippen molar-refractivity contribution in [3.8, 4) is 77.9 Å². The van der Waals surface area contributed by atoms with E-state index in [-0.39, 0.29) is 0 Å². The van der Waals surface area contributed by atoms with Gasteiger partial charge >= 0.3 is 0 Å². The minimum absolute atomic E-state index is 0.411. The molecule has 0 amide bonds. The molecule has 19 aromatic rings. The Kier molecular flexibility index (Phi) is 5.06. The highest BCUT2D eigenvalue weighted by Gasteiger charge is 2.21. The lowest BCUT2D eigenvalue weighted by Gasteiger charge is -2.18. The zero-order valence-electron chi connectivity index (χ0n) is 102. The molecule has 0 saturated carbocycles. The van der Waals surface area contributed by atoms with Crippen LogP contribution in [0.4, 0.5) is 0 Å². The van der Waals surface area contributed by atoms with Gasteiger partial charge in [-0.2, -0.15) is 0 Å². The van der Waals surface area contributed by atoms with Gasteiger partial charge in [-0.3, -0.25) is 0 Å². The maximum Gasteiger partial charge on any atom is 0.143 e. The molecule has 0 spiro atoms. The smallest absolute Gasteiger partial charge is 0.143 e. The van der Waals surface area contributed by atoms with E-state index < -0.39 is 525 Å². The first kappa shape index (κ1) is 21.3. The van der Waals surface area contributed by atoms with Crippen LogP contribution in [0.3, 0.4) is 0 Å². The summed E-state index contributed by atoms with van der Waals surface area (Å²) >= 11 is 0. The minimum atomic E-state index is -1.13. The van der Waals surface area contributed by atoms with Gasteiger partial charge in [-0.15, -0.1) is 0 Å². The van der Waals surface area contributed by atoms with Crippen LogP contribution in [-0.2, 0) is 0 Å². The molecule has 0 bridgehead atoms. The SMILES string of the molecule is [2H]c1c([2H])c([2H])c(-c2c([2H])c([2H])c(-c3c4c([2H])c([2H])c([2H])c([2H])c4c(-c4c([2H])c([2H])c(-c5c([2H])c([2H])c([2H])c6oc7c8c([2H])c([2H])c([2H])c([2H])c8c([2H])c([2H])c7c56)c([2H])c4[2H])c4c([2H])c([2H])c([2H])c([2H])c34)c([2H])c2[2H])c([2H])c1[2H].[2H]c1c([2H])c([2H])c(-c2c3c([2H])c([2H])c([2H])c([2H])c3c(-c3c([2H])c([2H])c(-c4c([2H])c([2H])c([2H])c5oc6c7c([2H])c([2H])c([2H])c([2H])c7c([2H])c([2H])c6c45)c([2H])c3[2H])c3c([2H])c([2H])c([2H])c([2H])c23)c([2H])c1[2H]. The summed E-state index contributed by atoms with van der Waals surface area (Å²) in [4.78, 5) is 0. The van der Waals surface area contributed by atoms with Gasteiger partial charge in [0.2, 0.25) is 0 Å². The Balaban J connectivity index is 0.000000195. The van der Waals surface area contributed by atoms with Gasteiger partial charge in [0.15, 0.2) is 0 Å². The van der Waals surface area contributed by atoms with E-state index in [1.807, 2.05) is 0 Å². The van der Waals surface area contributed by atoms with Crippen molar-refractivity contribution in [3.63, 3.8) is 0 Å². The Morgan fingerprint density at radius 3 is 0.783 bits per heavy atom. The highest BCUT2D eigenvalue weighted by molar-refractivity contribution is 6.24. The van der Waals surface area contributed by atoms with Gasteiger partial charge in [0.1, 0.15) is 22.3 Å². The first-order valence-corrected chi connectivity index (χ1v) is 27.1. The maximum absolute atomic E-state index is 9.68. The fourth-order valence-corrected chi connectivity index (χ4v) is 11.0. The van der Waals surface area contributed by atoms with Crippen molar-refractivity contribution in [2.24, 2.45) is 0 Å². The molecule has 2 heterocycles. The molecule has 2 aromatic heterocycles. The molecule has 0 N–H and O–H groups in total. The van der Waals surface area contributed by atoms with Crippen LogP contribution >= 0.6 is 0 Å². The van der Waals surface area contributed by atoms with Crippen LogP contribution in [0.25, 0.3) is 186 Å². The van der Waals surface area contributed by atoms with Crippen LogP contribution in [0.5, 0.6) is 0 Å². The van der Waals surface area contributed by atoms with Gasteiger partial charge in [0, 0.05) is 32.3 Å². The van der Waals surface area contributed by atoms with Gasteiger partial charge in [-0.05, 0) is 156 Å². The summed E-state index contributed by atoms with van der Waals surface area (Å²) in [5.74, 6) is 0. The minimum Gasteiger partial charge on any atom is -0.455 e. The third kappa shape index (κ3) is 8.72. The topological polar surface area (TPSA) is 26.3 Å². The maximum atomic E-state index is 9.68. The molecule has 0 fully saturated rings. The Bertz CT molecular complexity index is 9340. The first-order chi connectivity index (χ1) is 69.0. The number of benzene rings is 17. The summed E-state index contributed by atoms with van der Waals surface area (Å²) in [7, 11) is 0. The van der Waals surface area contributed by atoms with E-state index in [1.165, 1.54) is 0 Å². The molecule has 0 atom stereocenters. The van der Waals surface area contributed by atoms with Gasteiger partial charge < -0.3 is 8.83 Å². The zero-order valence-corrected chi connectivity index (χ0v) is 45.8. The fraction of sp³-hybridized carbons (Fsp3) is 0. The third-order valence-electron chi connectivity index (χ3n) is 14.9. The van der Waals surface area contributed by atoms with Crippen molar-refractivity contribution in [1.29, 1.82) is 0 Å². The van der Waals surface area contributed by atoms with E-state index in [1.54, 1.807) is 0 Å². The Morgan fingerprint density at radius 1 is 0.174 bits per heavy atom. The summed E-state index contributed by atoms with van der Waals surface area (Å²) in [6.07, 6.45) is 0. The molecule has 17 aromatic carbocycles. The number of furan rings is 2. The summed E-state index contributed by atoms with van der Waals surface area (Å²) in [6.45, 7) is 0. The van der Waals surface area contributed by atoms with Crippen molar-refractivity contribution in [2.75, 3.05) is 0 Å². The molecule has 0 radical (unpaired) electrons. The van der Waals surface area contributed by atoms with E-state index in [4.69, 9.17) is 56.8 Å². The van der Waals surface area contributed by atoms with Crippen LogP contribution in [0.2, 0.25) is 0 Å². The van der Waals surface area contributed by atoms with Crippen molar-refractivity contribution in [2.45, 2.75) is 0 Å². The zero-order chi connectivity index (χ0) is 109. The van der Waals surface area contributed by atoms with E-state index in [0.717, 1.165) is 0 Å². The second-order valence-electron chi connectivity index (χ2n) is 19.8. The van der Waals surface area contributed by atoms with Crippen molar-refractivity contribution < 1.29 is 85.6 Å². The molecular weight excluding hydrogens is 1110 g/mol. The Hall–Kier alpha value is -12.1. The van der Waals surface area contributed by atoms with E-state index in [2.05, 4.69) is 0 Å². The van der Waals surface area contributed by atoms with Crippen molar-refractivity contribution >= 4 is 109 Å². The number of fused-ring (bicyclic) bond motifs is 14. The standard InChI is InChI=1S/C48H30O.C42H26O/c1-2-11-31(12-3-1)32-21-25-35(26-22-32)45-39-15-6-8-17-41(39)46(42-18-9-7-16-40(42)45)36-27-23-34(24-28-36)37-19-10-20-44-47(37)43-30-29-33-13-4-5-14-38(33)48(43)49-44;1-2-12-29(13-3-1)39-33-15-6-8-17-35(33)40(36-18-9-7-16-34(36)39)30-23-21-28(22-24-30)31-19-10-20-38-41(31)37-26-25-27-11-4-5-14-32(27)42(37)43-38/h1-30H;1-26H/i1D,2D,3D,4D,5D,6D,7D,8D,9D,10D,11D,12D,13D,14D,15D,16D,17D,18D,19D,20D,21D,22D,23D,24D,25D,26D,27D,28D,29D,30D;1D,2D,3D,4D,5D,6D,7D,8D,9D,10D,11D,12D,13D,14D,15D,16D,17D,18D,19D,20D,21D,22D,23D,24D,25D,26D. The lowest BCUT2D eigenvalue weighted by molar-refractivity contribution is 0.672. The summed E-state index contributed by atoms with van der Waals surface area (Å²) in [5.41, 5.74) is -13.1. The van der Waals surface area contributed by atoms with Gasteiger partial charge in [0.05, 0.1) is 76.8 Å². The van der Waals surface area contributed by atoms with E-state index in [0.29, 0.717) is 0 Å². The van der Waals surface area contributed by atoms with Crippen molar-refractivity contribution in [3.05, 3.63) is 338 Å². The average molecular weight is 1230 g/mol. The van der Waals surface area contributed by atoms with Crippen LogP contribution in [-0.4, -0.2) is 0 Å². The highest BCUT2D eigenvalue weighted by atomic mass is 16.3. The fourth-order valence-electron chi connectivity index (χ4n) is 11.0. The van der Waals surface area contributed by atoms with Crippen molar-refractivity contribution in [1.82, 2.24) is 0 Å². The molecule has 19 rings (SSSR count). The second-order valence-corrected chi connectivity index (χ2v) is 19.8. The Labute approximate surface area is 610 Å². The molecule has 0 aliphatic rings. The summed E-state index contributed by atoms with van der Waals surface area (Å²) in [5, 5.41) is -9.62. The largest absolute Gasteiger partial charge is 0.455 e. The van der Waals surface area contributed by atoms with Crippen LogP contribution in [0.1, 0.15) is 76.8 Å². The van der Waals surface area contributed by atoms with Gasteiger partial charge in [-0.1, -0.05) is 314 Å². The molecular formula is C90H56O2. The summed E-state index contributed by atoms with van der Waals surface area (Å²) in [6, 6.07) is -52.2. The number of rotatable bonds is 7. The monoisotopic (exact) mass is 1220 g/mol. The van der Waals surface area contributed by atoms with Crippen LogP contribution in [0.15, 0.2) is 347 Å². The average Bonchev–Trinajstić information content (AvgIpc) is 1.01. The second kappa shape index (κ2) is 21.9. The molecule has 0 aliphatic heterocycles. The number of hydrogen-bond donors (Lipinski definition) is 0. The van der Waals surface area contributed by atoms with E-state index in [9.17, 15) is 28.8 Å². The quantitative estimate of drug-likeness (QED) is 0.149. The van der Waals surface area contributed by atoms with Gasteiger partial charge in [0.25, 0.3) is 0 Å². The van der Waals surface area contributed by atoms with Crippen LogP contribution < -0.4 is 0 Å². The molecule has 0 aliphatic carbocycles. The molecule has 92 heavy (non-hydrogen) atoms. The third-order valence-corrected chi connectivity index (χ3v) is 14.9. The van der Waals surface area contributed by atoms with E-state index >= 15 is 0 Å². The lowest BCUT2D eigenvalue weighted by atomic mass is 9.85. The molecule has 2 heteroatoms. The predicted octanol–water partition coefficient (Wildman–Crippen LogP) is 25.8. The molecule has 2 nitrogen and oxygen atoms in total. The molecule has 0 saturated heterocycles.